The molecule has 0 unspecified atom stereocenters. The van der Waals surface area contributed by atoms with Crippen molar-refractivity contribution in [3.05, 3.63) is 34.4 Å². The molecule has 0 aliphatic heterocycles. The largest absolute Gasteiger partial charge is 0.490 e. The molecule has 5 heteroatoms. The normalized spacial score (nSPS) is 10.6. The third kappa shape index (κ3) is 1.84. The van der Waals surface area contributed by atoms with Gasteiger partial charge in [0.05, 0.1) is 12.7 Å². The minimum absolute atomic E-state index is 0.262. The zero-order valence-corrected chi connectivity index (χ0v) is 8.80. The molecule has 0 N–H and O–H groups in total. The van der Waals surface area contributed by atoms with Crippen molar-refractivity contribution in [2.24, 2.45) is 0 Å². The van der Waals surface area contributed by atoms with Gasteiger partial charge in [0.25, 0.3) is 0 Å². The highest BCUT2D eigenvalue weighted by molar-refractivity contribution is 5.85. The van der Waals surface area contributed by atoms with E-state index >= 15 is 0 Å². The summed E-state index contributed by atoms with van der Waals surface area (Å²) in [5, 5.41) is 11.2. The lowest BCUT2D eigenvalue weighted by Crippen LogP contribution is -1.94. The van der Waals surface area contributed by atoms with Gasteiger partial charge < -0.3 is 9.15 Å². The second-order valence-corrected chi connectivity index (χ2v) is 3.36. The molecule has 0 radical (unpaired) electrons. The number of ether oxygens (including phenoxy) is 1. The molecule has 2 rings (SSSR count). The van der Waals surface area contributed by atoms with Crippen LogP contribution < -0.4 is 4.74 Å². The summed E-state index contributed by atoms with van der Waals surface area (Å²) in [5.41, 5.74) is 0.433. The van der Waals surface area contributed by atoms with Gasteiger partial charge in [0.2, 0.25) is 0 Å². The summed E-state index contributed by atoms with van der Waals surface area (Å²) in [5.74, 6) is 0.287. The van der Waals surface area contributed by atoms with E-state index in [1.165, 1.54) is 6.07 Å². The smallest absolute Gasteiger partial charge is 0.434 e. The third-order valence-electron chi connectivity index (χ3n) is 2.14. The van der Waals surface area contributed by atoms with E-state index in [-0.39, 0.29) is 5.88 Å². The van der Waals surface area contributed by atoms with E-state index in [9.17, 15) is 10.1 Å². The minimum Gasteiger partial charge on any atom is -0.490 e. The average molecular weight is 221 g/mol. The highest BCUT2D eigenvalue weighted by Crippen LogP contribution is 2.31. The molecule has 0 atom stereocenters. The predicted octanol–water partition coefficient (Wildman–Crippen LogP) is 3.13. The van der Waals surface area contributed by atoms with E-state index in [1.54, 1.807) is 18.2 Å². The lowest BCUT2D eigenvalue weighted by Gasteiger charge is -2.03. The monoisotopic (exact) mass is 221 g/mol. The first-order valence-electron chi connectivity index (χ1n) is 5.02. The Bertz CT molecular complexity index is 518. The fourth-order valence-corrected chi connectivity index (χ4v) is 1.44. The first kappa shape index (κ1) is 10.5. The van der Waals surface area contributed by atoms with Crippen LogP contribution in [0.4, 0.5) is 5.88 Å². The number of nitro groups is 1. The van der Waals surface area contributed by atoms with Gasteiger partial charge in [-0.25, -0.2) is 0 Å². The van der Waals surface area contributed by atoms with Crippen LogP contribution >= 0.6 is 0 Å². The van der Waals surface area contributed by atoms with Gasteiger partial charge in [0.1, 0.15) is 4.92 Å². The summed E-state index contributed by atoms with van der Waals surface area (Å²) in [6, 6.07) is 6.68. The number of furan rings is 1. The Morgan fingerprint density at radius 1 is 1.50 bits per heavy atom. The molecule has 0 aliphatic rings. The number of rotatable bonds is 4. The van der Waals surface area contributed by atoms with E-state index in [0.29, 0.717) is 23.3 Å². The Morgan fingerprint density at radius 3 is 3.00 bits per heavy atom. The van der Waals surface area contributed by atoms with E-state index in [2.05, 4.69) is 0 Å². The lowest BCUT2D eigenvalue weighted by atomic mass is 10.2. The van der Waals surface area contributed by atoms with Crippen molar-refractivity contribution >= 4 is 16.9 Å². The summed E-state index contributed by atoms with van der Waals surface area (Å²) in [6.45, 7) is 2.55. The molecule has 16 heavy (non-hydrogen) atoms. The molecule has 0 saturated heterocycles. The van der Waals surface area contributed by atoms with Crippen LogP contribution in [0.3, 0.4) is 0 Å². The number of para-hydroxylation sites is 1. The van der Waals surface area contributed by atoms with Gasteiger partial charge in [-0.2, -0.15) is 0 Å². The summed E-state index contributed by atoms with van der Waals surface area (Å²) in [7, 11) is 0. The summed E-state index contributed by atoms with van der Waals surface area (Å²) in [4.78, 5) is 10.0. The van der Waals surface area contributed by atoms with Crippen molar-refractivity contribution in [1.29, 1.82) is 0 Å². The summed E-state index contributed by atoms with van der Waals surface area (Å²) < 4.78 is 10.6. The van der Waals surface area contributed by atoms with Crippen molar-refractivity contribution in [3.63, 3.8) is 0 Å². The van der Waals surface area contributed by atoms with E-state index < -0.39 is 4.92 Å². The molecule has 0 bridgehead atoms. The fourth-order valence-electron chi connectivity index (χ4n) is 1.44. The molecule has 2 aromatic rings. The SMILES string of the molecule is CCCOc1cccc2cc([N+](=O)[O-])oc12. The van der Waals surface area contributed by atoms with E-state index in [4.69, 9.17) is 9.15 Å². The fraction of sp³-hybridized carbons (Fsp3) is 0.273. The molecule has 0 saturated carbocycles. The average Bonchev–Trinajstić information content (AvgIpc) is 2.70. The Kier molecular flexibility index (Phi) is 2.76. The van der Waals surface area contributed by atoms with Crippen LogP contribution in [-0.4, -0.2) is 11.5 Å². The zero-order chi connectivity index (χ0) is 11.5. The lowest BCUT2D eigenvalue weighted by molar-refractivity contribution is -0.401. The number of benzene rings is 1. The predicted molar refractivity (Wildman–Crippen MR) is 58.7 cm³/mol. The second-order valence-electron chi connectivity index (χ2n) is 3.36. The first-order chi connectivity index (χ1) is 7.72. The maximum absolute atomic E-state index is 10.6. The highest BCUT2D eigenvalue weighted by atomic mass is 16.6. The van der Waals surface area contributed by atoms with Crippen molar-refractivity contribution in [1.82, 2.24) is 0 Å². The maximum Gasteiger partial charge on any atom is 0.434 e. The molecule has 0 aliphatic carbocycles. The molecule has 84 valence electrons. The third-order valence-corrected chi connectivity index (χ3v) is 2.14. The molecular weight excluding hydrogens is 210 g/mol. The van der Waals surface area contributed by atoms with Gasteiger partial charge >= 0.3 is 5.88 Å². The van der Waals surface area contributed by atoms with E-state index in [1.807, 2.05) is 6.92 Å². The van der Waals surface area contributed by atoms with Gasteiger partial charge in [0.15, 0.2) is 11.3 Å². The van der Waals surface area contributed by atoms with Gasteiger partial charge in [0, 0.05) is 5.39 Å². The van der Waals surface area contributed by atoms with Crippen LogP contribution in [0.2, 0.25) is 0 Å². The summed E-state index contributed by atoms with van der Waals surface area (Å²) in [6.07, 6.45) is 0.874. The van der Waals surface area contributed by atoms with E-state index in [0.717, 1.165) is 6.42 Å². The Morgan fingerprint density at radius 2 is 2.31 bits per heavy atom. The van der Waals surface area contributed by atoms with Gasteiger partial charge in [-0.3, -0.25) is 10.1 Å². The molecule has 0 amide bonds. The van der Waals surface area contributed by atoms with Gasteiger partial charge in [-0.15, -0.1) is 0 Å². The Balaban J connectivity index is 2.45. The molecule has 1 aromatic heterocycles. The van der Waals surface area contributed by atoms with Crippen molar-refractivity contribution in [3.8, 4) is 5.75 Å². The van der Waals surface area contributed by atoms with Crippen molar-refractivity contribution in [2.45, 2.75) is 13.3 Å². The number of fused-ring (bicyclic) bond motifs is 1. The molecule has 0 spiro atoms. The van der Waals surface area contributed by atoms with Crippen LogP contribution in [0.15, 0.2) is 28.7 Å². The highest BCUT2D eigenvalue weighted by Gasteiger charge is 2.16. The maximum atomic E-state index is 10.6. The molecular formula is C11H11NO4. The minimum atomic E-state index is -0.552. The zero-order valence-electron chi connectivity index (χ0n) is 8.80. The Hall–Kier alpha value is -2.04. The molecule has 1 heterocycles. The van der Waals surface area contributed by atoms with Crippen LogP contribution in [-0.2, 0) is 0 Å². The first-order valence-corrected chi connectivity index (χ1v) is 5.02. The topological polar surface area (TPSA) is 65.5 Å². The molecule has 1 aromatic carbocycles. The molecule has 0 fully saturated rings. The van der Waals surface area contributed by atoms with Gasteiger partial charge in [-0.05, 0) is 12.5 Å². The standard InChI is InChI=1S/C11H11NO4/c1-2-6-15-9-5-3-4-8-7-10(12(13)14)16-11(8)9/h3-5,7H,2,6H2,1H3. The van der Waals surface area contributed by atoms with Crippen LogP contribution in [0.5, 0.6) is 5.75 Å². The summed E-state index contributed by atoms with van der Waals surface area (Å²) >= 11 is 0. The number of hydrogen-bond donors (Lipinski definition) is 0. The second kappa shape index (κ2) is 4.22. The van der Waals surface area contributed by atoms with Crippen LogP contribution in [0.25, 0.3) is 11.0 Å². The van der Waals surface area contributed by atoms with Gasteiger partial charge in [-0.1, -0.05) is 19.1 Å². The molecule has 5 nitrogen and oxygen atoms in total. The van der Waals surface area contributed by atoms with Crippen molar-refractivity contribution in [2.75, 3.05) is 6.61 Å². The Labute approximate surface area is 91.8 Å². The number of hydrogen-bond acceptors (Lipinski definition) is 4. The quantitative estimate of drug-likeness (QED) is 0.587. The van der Waals surface area contributed by atoms with Crippen LogP contribution in [0.1, 0.15) is 13.3 Å². The number of nitrogens with zero attached hydrogens (tertiary/aromatic N) is 1. The van der Waals surface area contributed by atoms with Crippen molar-refractivity contribution < 1.29 is 14.1 Å². The van der Waals surface area contributed by atoms with Crippen LogP contribution in [0, 0.1) is 10.1 Å².